The lowest BCUT2D eigenvalue weighted by Gasteiger charge is -2.26. The first kappa shape index (κ1) is 21.9. The molecule has 1 aliphatic heterocycles. The van der Waals surface area contributed by atoms with E-state index in [-0.39, 0.29) is 6.04 Å². The highest BCUT2D eigenvalue weighted by Gasteiger charge is 2.21. The molecule has 1 atom stereocenters. The number of fused-ring (bicyclic) bond motifs is 1. The fourth-order valence-corrected chi connectivity index (χ4v) is 4.22. The number of hydrogen-bond acceptors (Lipinski definition) is 5. The number of nitrogens with one attached hydrogen (secondary N) is 1. The van der Waals surface area contributed by atoms with Crippen molar-refractivity contribution in [3.05, 3.63) is 114 Å². The van der Waals surface area contributed by atoms with Gasteiger partial charge in [0, 0.05) is 24.5 Å². The molecule has 3 aromatic carbocycles. The fraction of sp³-hybridized carbons (Fsp3) is 0.172. The standard InChI is InChI=1S/C29H27N3O2/c1-33-28-16-26-24(15-29(28)34-19-22-5-3-2-4-6-22)13-14-32-27(26)12-9-21-7-10-23(11-8-21)25-17-30-20-31-18-25/h2-12,15-18,20,27,32H,13-14,19H2,1H3. The minimum atomic E-state index is 0.114. The molecule has 0 radical (unpaired) electrons. The molecule has 34 heavy (non-hydrogen) atoms. The maximum atomic E-state index is 6.12. The van der Waals surface area contributed by atoms with Crippen LogP contribution in [0.2, 0.25) is 0 Å². The summed E-state index contributed by atoms with van der Waals surface area (Å²) in [6.07, 6.45) is 10.5. The topological polar surface area (TPSA) is 56.3 Å². The van der Waals surface area contributed by atoms with Gasteiger partial charge in [0.25, 0.3) is 0 Å². The predicted octanol–water partition coefficient (Wildman–Crippen LogP) is 5.63. The van der Waals surface area contributed by atoms with Crippen molar-refractivity contribution in [2.45, 2.75) is 19.1 Å². The van der Waals surface area contributed by atoms with Crippen LogP contribution in [-0.4, -0.2) is 23.6 Å². The molecule has 0 spiro atoms. The Morgan fingerprint density at radius 1 is 0.941 bits per heavy atom. The number of aromatic nitrogens is 2. The van der Waals surface area contributed by atoms with Gasteiger partial charge in [-0.3, -0.25) is 0 Å². The average molecular weight is 450 g/mol. The number of rotatable bonds is 7. The molecule has 1 aromatic heterocycles. The van der Waals surface area contributed by atoms with E-state index in [0.717, 1.165) is 46.7 Å². The average Bonchev–Trinajstić information content (AvgIpc) is 2.91. The van der Waals surface area contributed by atoms with Crippen LogP contribution < -0.4 is 14.8 Å². The second-order valence-corrected chi connectivity index (χ2v) is 8.27. The number of ether oxygens (including phenoxy) is 2. The molecule has 5 rings (SSSR count). The first-order chi connectivity index (χ1) is 16.8. The van der Waals surface area contributed by atoms with E-state index in [9.17, 15) is 0 Å². The van der Waals surface area contributed by atoms with E-state index in [4.69, 9.17) is 9.47 Å². The van der Waals surface area contributed by atoms with Gasteiger partial charge in [-0.2, -0.15) is 0 Å². The molecular weight excluding hydrogens is 422 g/mol. The molecule has 0 saturated carbocycles. The van der Waals surface area contributed by atoms with Crippen molar-refractivity contribution in [3.63, 3.8) is 0 Å². The summed E-state index contributed by atoms with van der Waals surface area (Å²) in [6.45, 7) is 1.43. The van der Waals surface area contributed by atoms with Crippen molar-refractivity contribution in [3.8, 4) is 22.6 Å². The minimum Gasteiger partial charge on any atom is -0.493 e. The van der Waals surface area contributed by atoms with Crippen molar-refractivity contribution in [1.82, 2.24) is 15.3 Å². The van der Waals surface area contributed by atoms with E-state index in [0.29, 0.717) is 6.61 Å². The first-order valence-electron chi connectivity index (χ1n) is 11.4. The number of methoxy groups -OCH3 is 1. The van der Waals surface area contributed by atoms with Crippen LogP contribution in [0.5, 0.6) is 11.5 Å². The van der Waals surface area contributed by atoms with Gasteiger partial charge >= 0.3 is 0 Å². The Morgan fingerprint density at radius 3 is 2.50 bits per heavy atom. The molecule has 1 unspecified atom stereocenters. The number of benzene rings is 3. The Balaban J connectivity index is 1.33. The highest BCUT2D eigenvalue weighted by atomic mass is 16.5. The fourth-order valence-electron chi connectivity index (χ4n) is 4.22. The molecule has 1 N–H and O–H groups in total. The summed E-state index contributed by atoms with van der Waals surface area (Å²) in [7, 11) is 1.69. The van der Waals surface area contributed by atoms with Crippen LogP contribution in [0.25, 0.3) is 17.2 Å². The van der Waals surface area contributed by atoms with Crippen LogP contribution in [0.15, 0.2) is 91.5 Å². The molecule has 2 heterocycles. The molecule has 0 aliphatic carbocycles. The summed E-state index contributed by atoms with van der Waals surface area (Å²) >= 11 is 0. The van der Waals surface area contributed by atoms with Crippen LogP contribution in [0.3, 0.4) is 0 Å². The predicted molar refractivity (Wildman–Crippen MR) is 135 cm³/mol. The van der Waals surface area contributed by atoms with E-state index < -0.39 is 0 Å². The Bertz CT molecular complexity index is 1260. The van der Waals surface area contributed by atoms with E-state index in [2.05, 4.69) is 76.0 Å². The third-order valence-electron chi connectivity index (χ3n) is 6.04. The van der Waals surface area contributed by atoms with E-state index in [1.54, 1.807) is 13.4 Å². The lowest BCUT2D eigenvalue weighted by molar-refractivity contribution is 0.283. The highest BCUT2D eigenvalue weighted by Crippen LogP contribution is 2.36. The monoisotopic (exact) mass is 449 g/mol. The van der Waals surface area contributed by atoms with Crippen LogP contribution in [0.1, 0.15) is 28.3 Å². The van der Waals surface area contributed by atoms with Gasteiger partial charge in [-0.05, 0) is 46.4 Å². The third-order valence-corrected chi connectivity index (χ3v) is 6.04. The molecule has 170 valence electrons. The van der Waals surface area contributed by atoms with Crippen molar-refractivity contribution in [2.75, 3.05) is 13.7 Å². The normalized spacial score (nSPS) is 15.1. The van der Waals surface area contributed by atoms with Crippen LogP contribution in [0, 0.1) is 0 Å². The second-order valence-electron chi connectivity index (χ2n) is 8.27. The molecule has 0 saturated heterocycles. The largest absolute Gasteiger partial charge is 0.493 e. The van der Waals surface area contributed by atoms with E-state index >= 15 is 0 Å². The number of hydrogen-bond donors (Lipinski definition) is 1. The smallest absolute Gasteiger partial charge is 0.161 e. The molecule has 4 aromatic rings. The van der Waals surface area contributed by atoms with Crippen molar-refractivity contribution >= 4 is 6.08 Å². The lowest BCUT2D eigenvalue weighted by Crippen LogP contribution is -2.28. The molecule has 0 amide bonds. The Hall–Kier alpha value is -3.96. The van der Waals surface area contributed by atoms with Gasteiger partial charge in [-0.15, -0.1) is 0 Å². The van der Waals surface area contributed by atoms with Gasteiger partial charge in [0.15, 0.2) is 11.5 Å². The maximum absolute atomic E-state index is 6.12. The van der Waals surface area contributed by atoms with Gasteiger partial charge in [-0.1, -0.05) is 66.7 Å². The van der Waals surface area contributed by atoms with Crippen molar-refractivity contribution in [1.29, 1.82) is 0 Å². The van der Waals surface area contributed by atoms with Crippen LogP contribution in [-0.2, 0) is 13.0 Å². The Labute approximate surface area is 200 Å². The van der Waals surface area contributed by atoms with Gasteiger partial charge < -0.3 is 14.8 Å². The zero-order valence-electron chi connectivity index (χ0n) is 19.1. The SMILES string of the molecule is COc1cc2c(cc1OCc1ccccc1)CCNC2C=Cc1ccc(-c2cncnc2)cc1. The van der Waals surface area contributed by atoms with Crippen LogP contribution in [0.4, 0.5) is 0 Å². The maximum Gasteiger partial charge on any atom is 0.161 e. The van der Waals surface area contributed by atoms with Gasteiger partial charge in [-0.25, -0.2) is 9.97 Å². The van der Waals surface area contributed by atoms with E-state index in [1.807, 2.05) is 30.6 Å². The molecule has 1 aliphatic rings. The summed E-state index contributed by atoms with van der Waals surface area (Å²) in [4.78, 5) is 8.19. The summed E-state index contributed by atoms with van der Waals surface area (Å²) in [6, 6.07) is 23.0. The third kappa shape index (κ3) is 5.00. The van der Waals surface area contributed by atoms with Crippen molar-refractivity contribution in [2.24, 2.45) is 0 Å². The lowest BCUT2D eigenvalue weighted by atomic mass is 9.93. The summed E-state index contributed by atoms with van der Waals surface area (Å²) in [5, 5.41) is 3.61. The van der Waals surface area contributed by atoms with E-state index in [1.165, 1.54) is 11.1 Å². The zero-order valence-corrected chi connectivity index (χ0v) is 19.1. The van der Waals surface area contributed by atoms with Crippen molar-refractivity contribution < 1.29 is 9.47 Å². The minimum absolute atomic E-state index is 0.114. The second kappa shape index (κ2) is 10.3. The number of nitrogens with zero attached hydrogens (tertiary/aromatic N) is 2. The van der Waals surface area contributed by atoms with Gasteiger partial charge in [0.05, 0.1) is 13.2 Å². The molecule has 5 nitrogen and oxygen atoms in total. The molecule has 0 bridgehead atoms. The first-order valence-corrected chi connectivity index (χ1v) is 11.4. The molecule has 5 heteroatoms. The Kier molecular flexibility index (Phi) is 6.64. The zero-order chi connectivity index (χ0) is 23.2. The molecule has 0 fully saturated rings. The van der Waals surface area contributed by atoms with Crippen LogP contribution >= 0.6 is 0 Å². The Morgan fingerprint density at radius 2 is 1.74 bits per heavy atom. The summed E-state index contributed by atoms with van der Waals surface area (Å²) in [5.41, 5.74) is 6.91. The highest BCUT2D eigenvalue weighted by molar-refractivity contribution is 5.64. The quantitative estimate of drug-likeness (QED) is 0.396. The van der Waals surface area contributed by atoms with Gasteiger partial charge in [0.1, 0.15) is 12.9 Å². The summed E-state index contributed by atoms with van der Waals surface area (Å²) in [5.74, 6) is 1.54. The molecular formula is C29H27N3O2. The summed E-state index contributed by atoms with van der Waals surface area (Å²) < 4.78 is 11.8. The van der Waals surface area contributed by atoms with Gasteiger partial charge in [0.2, 0.25) is 0 Å².